The highest BCUT2D eigenvalue weighted by molar-refractivity contribution is 6.31. The molecule has 0 aromatic heterocycles. The smallest absolute Gasteiger partial charge is 0.256 e. The third kappa shape index (κ3) is 3.19. The van der Waals surface area contributed by atoms with Crippen LogP contribution in [0.15, 0.2) is 17.9 Å². The molecule has 1 heterocycles. The molecular formula is C20H26ClNO4. The first kappa shape index (κ1) is 19.1. The maximum Gasteiger partial charge on any atom is 0.256 e. The van der Waals surface area contributed by atoms with Crippen LogP contribution in [0.25, 0.3) is 5.57 Å². The summed E-state index contributed by atoms with van der Waals surface area (Å²) in [7, 11) is 1.70. The number of carbonyl (C=O) groups is 1. The second-order valence-corrected chi connectivity index (χ2v) is 7.36. The molecule has 2 aliphatic rings. The van der Waals surface area contributed by atoms with E-state index in [4.69, 9.17) is 21.1 Å². The predicted molar refractivity (Wildman–Crippen MR) is 102 cm³/mol. The van der Waals surface area contributed by atoms with Crippen molar-refractivity contribution in [3.8, 4) is 5.75 Å². The van der Waals surface area contributed by atoms with Gasteiger partial charge in [0.1, 0.15) is 11.5 Å². The normalized spacial score (nSPS) is 25.7. The van der Waals surface area contributed by atoms with Crippen LogP contribution in [-0.2, 0) is 16.0 Å². The molecule has 142 valence electrons. The number of rotatable bonds is 5. The molecule has 0 bridgehead atoms. The number of ether oxygens (including phenoxy) is 2. The molecule has 0 radical (unpaired) electrons. The lowest BCUT2D eigenvalue weighted by molar-refractivity contribution is -0.116. The fourth-order valence-corrected chi connectivity index (χ4v) is 4.30. The van der Waals surface area contributed by atoms with Crippen molar-refractivity contribution >= 4 is 23.1 Å². The van der Waals surface area contributed by atoms with Gasteiger partial charge in [-0.05, 0) is 56.7 Å². The standard InChI is InChI=1S/C20H26ClNO4/c1-4-12-10-13(21)11-15(26-5-2)16(12)17-18(23)20(22-19(17)24)8-6-14(25-3)7-9-20/h10-11,14,23H,4-9H2,1-3H3,(H,22,24). The molecule has 1 aliphatic heterocycles. The maximum atomic E-state index is 12.9. The molecule has 1 aromatic rings. The largest absolute Gasteiger partial charge is 0.509 e. The Morgan fingerprint density at radius 2 is 2.00 bits per heavy atom. The van der Waals surface area contributed by atoms with E-state index in [0.717, 1.165) is 18.4 Å². The van der Waals surface area contributed by atoms with Crippen LogP contribution >= 0.6 is 11.6 Å². The van der Waals surface area contributed by atoms with E-state index in [1.54, 1.807) is 13.2 Å². The molecule has 3 rings (SSSR count). The summed E-state index contributed by atoms with van der Waals surface area (Å²) in [5, 5.41) is 14.7. The molecule has 5 nitrogen and oxygen atoms in total. The van der Waals surface area contributed by atoms with E-state index < -0.39 is 5.54 Å². The summed E-state index contributed by atoms with van der Waals surface area (Å²) in [5.74, 6) is 0.405. The maximum absolute atomic E-state index is 12.9. The van der Waals surface area contributed by atoms with Crippen LogP contribution < -0.4 is 10.1 Å². The van der Waals surface area contributed by atoms with Gasteiger partial charge in [-0.25, -0.2) is 0 Å². The van der Waals surface area contributed by atoms with Crippen LogP contribution in [0, 0.1) is 0 Å². The van der Waals surface area contributed by atoms with Crippen LogP contribution in [0.1, 0.15) is 50.7 Å². The molecule has 0 saturated heterocycles. The Morgan fingerprint density at radius 1 is 1.31 bits per heavy atom. The van der Waals surface area contributed by atoms with E-state index in [1.807, 2.05) is 19.9 Å². The molecule has 1 amide bonds. The second-order valence-electron chi connectivity index (χ2n) is 6.92. The summed E-state index contributed by atoms with van der Waals surface area (Å²) < 4.78 is 11.2. The molecule has 0 atom stereocenters. The monoisotopic (exact) mass is 379 g/mol. The van der Waals surface area contributed by atoms with Gasteiger partial charge >= 0.3 is 0 Å². The number of hydrogen-bond donors (Lipinski definition) is 2. The lowest BCUT2D eigenvalue weighted by Gasteiger charge is -2.36. The van der Waals surface area contributed by atoms with Crippen molar-refractivity contribution < 1.29 is 19.4 Å². The van der Waals surface area contributed by atoms with Gasteiger partial charge in [-0.3, -0.25) is 4.79 Å². The highest BCUT2D eigenvalue weighted by atomic mass is 35.5. The predicted octanol–water partition coefficient (Wildman–Crippen LogP) is 4.03. The minimum Gasteiger partial charge on any atom is -0.509 e. The Hall–Kier alpha value is -1.72. The summed E-state index contributed by atoms with van der Waals surface area (Å²) in [6, 6.07) is 3.54. The molecule has 1 fully saturated rings. The topological polar surface area (TPSA) is 67.8 Å². The number of hydrogen-bond acceptors (Lipinski definition) is 4. The third-order valence-electron chi connectivity index (χ3n) is 5.47. The SMILES string of the molecule is CCOc1cc(Cl)cc(CC)c1C1=C(O)C2(CCC(OC)CC2)NC1=O. The van der Waals surface area contributed by atoms with E-state index in [1.165, 1.54) is 0 Å². The first-order valence-corrected chi connectivity index (χ1v) is 9.58. The van der Waals surface area contributed by atoms with Crippen LogP contribution in [-0.4, -0.2) is 36.4 Å². The molecule has 6 heteroatoms. The molecule has 1 aliphatic carbocycles. The van der Waals surface area contributed by atoms with Crippen LogP contribution in [0.5, 0.6) is 5.75 Å². The minimum atomic E-state index is -0.699. The second kappa shape index (κ2) is 7.49. The van der Waals surface area contributed by atoms with Gasteiger partial charge in [-0.15, -0.1) is 0 Å². The summed E-state index contributed by atoms with van der Waals surface area (Å²) >= 11 is 6.22. The molecule has 1 aromatic carbocycles. The summed E-state index contributed by atoms with van der Waals surface area (Å²) in [6.07, 6.45) is 3.77. The number of aliphatic hydroxyl groups is 1. The Labute approximate surface area is 159 Å². The zero-order chi connectivity index (χ0) is 18.9. The quantitative estimate of drug-likeness (QED) is 0.810. The first-order valence-electron chi connectivity index (χ1n) is 9.20. The minimum absolute atomic E-state index is 0.120. The van der Waals surface area contributed by atoms with Crippen molar-refractivity contribution in [1.29, 1.82) is 0 Å². The zero-order valence-corrected chi connectivity index (χ0v) is 16.3. The van der Waals surface area contributed by atoms with Crippen molar-refractivity contribution in [2.75, 3.05) is 13.7 Å². The number of halogens is 1. The van der Waals surface area contributed by atoms with E-state index in [2.05, 4.69) is 5.32 Å². The van der Waals surface area contributed by atoms with E-state index in [0.29, 0.717) is 47.8 Å². The van der Waals surface area contributed by atoms with Gasteiger partial charge in [0.15, 0.2) is 0 Å². The molecule has 1 saturated carbocycles. The highest BCUT2D eigenvalue weighted by Gasteiger charge is 2.48. The lowest BCUT2D eigenvalue weighted by Crippen LogP contribution is -2.48. The van der Waals surface area contributed by atoms with Crippen LogP contribution in [0.4, 0.5) is 0 Å². The summed E-state index contributed by atoms with van der Waals surface area (Å²) in [6.45, 7) is 4.33. The molecule has 26 heavy (non-hydrogen) atoms. The third-order valence-corrected chi connectivity index (χ3v) is 5.69. The lowest BCUT2D eigenvalue weighted by atomic mass is 9.79. The van der Waals surface area contributed by atoms with Crippen LogP contribution in [0.3, 0.4) is 0 Å². The Kier molecular flexibility index (Phi) is 5.49. The molecular weight excluding hydrogens is 354 g/mol. The van der Waals surface area contributed by atoms with Gasteiger partial charge in [-0.1, -0.05) is 18.5 Å². The van der Waals surface area contributed by atoms with Gasteiger partial charge in [0.25, 0.3) is 5.91 Å². The zero-order valence-electron chi connectivity index (χ0n) is 15.5. The van der Waals surface area contributed by atoms with E-state index in [9.17, 15) is 9.90 Å². The molecule has 0 unspecified atom stereocenters. The number of methoxy groups -OCH3 is 1. The van der Waals surface area contributed by atoms with Gasteiger partial charge in [0.2, 0.25) is 0 Å². The fraction of sp³-hybridized carbons (Fsp3) is 0.550. The number of carbonyl (C=O) groups excluding carboxylic acids is 1. The van der Waals surface area contributed by atoms with Gasteiger partial charge < -0.3 is 19.9 Å². The number of aliphatic hydroxyl groups excluding tert-OH is 1. The number of nitrogens with one attached hydrogen (secondary N) is 1. The summed E-state index contributed by atoms with van der Waals surface area (Å²) in [5.41, 5.74) is 1.16. The van der Waals surface area contributed by atoms with Gasteiger partial charge in [-0.2, -0.15) is 0 Å². The summed E-state index contributed by atoms with van der Waals surface area (Å²) in [4.78, 5) is 12.9. The average molecular weight is 380 g/mol. The Morgan fingerprint density at radius 3 is 2.58 bits per heavy atom. The number of benzene rings is 1. The van der Waals surface area contributed by atoms with E-state index in [-0.39, 0.29) is 17.8 Å². The van der Waals surface area contributed by atoms with Crippen molar-refractivity contribution in [2.24, 2.45) is 0 Å². The highest BCUT2D eigenvalue weighted by Crippen LogP contribution is 2.45. The van der Waals surface area contributed by atoms with Crippen molar-refractivity contribution in [3.63, 3.8) is 0 Å². The van der Waals surface area contributed by atoms with Crippen molar-refractivity contribution in [1.82, 2.24) is 5.32 Å². The van der Waals surface area contributed by atoms with Crippen molar-refractivity contribution in [2.45, 2.75) is 57.6 Å². The Bertz CT molecular complexity index is 736. The van der Waals surface area contributed by atoms with Gasteiger partial charge in [0.05, 0.1) is 23.8 Å². The van der Waals surface area contributed by atoms with E-state index >= 15 is 0 Å². The molecule has 2 N–H and O–H groups in total. The number of amides is 1. The van der Waals surface area contributed by atoms with Crippen LogP contribution in [0.2, 0.25) is 5.02 Å². The first-order chi connectivity index (χ1) is 12.5. The Balaban J connectivity index is 2.09. The number of aryl methyl sites for hydroxylation is 1. The van der Waals surface area contributed by atoms with Crippen molar-refractivity contribution in [3.05, 3.63) is 34.0 Å². The fourth-order valence-electron chi connectivity index (χ4n) is 4.07. The molecule has 1 spiro atoms. The average Bonchev–Trinajstić information content (AvgIpc) is 2.86. The van der Waals surface area contributed by atoms with Gasteiger partial charge in [0, 0.05) is 17.7 Å².